The standard InChI is InChI=1S/C9H20N2S/c1-3-9(12)8-11-6-4-10(2)5-7-11/h9,12H,3-8H2,1-2H3. The molecule has 1 atom stereocenters. The van der Waals surface area contributed by atoms with Gasteiger partial charge in [-0.15, -0.1) is 0 Å². The van der Waals surface area contributed by atoms with E-state index in [1.165, 1.54) is 32.6 Å². The van der Waals surface area contributed by atoms with Crippen molar-refractivity contribution in [1.82, 2.24) is 9.80 Å². The molecule has 1 aliphatic heterocycles. The van der Waals surface area contributed by atoms with Crippen LogP contribution in [0.4, 0.5) is 0 Å². The first-order chi connectivity index (χ1) is 5.72. The van der Waals surface area contributed by atoms with E-state index < -0.39 is 0 Å². The largest absolute Gasteiger partial charge is 0.304 e. The van der Waals surface area contributed by atoms with Crippen molar-refractivity contribution in [1.29, 1.82) is 0 Å². The fourth-order valence-corrected chi connectivity index (χ4v) is 1.69. The van der Waals surface area contributed by atoms with Crippen LogP contribution < -0.4 is 0 Å². The highest BCUT2D eigenvalue weighted by Crippen LogP contribution is 2.06. The van der Waals surface area contributed by atoms with E-state index in [2.05, 4.69) is 36.4 Å². The third-order valence-electron chi connectivity index (χ3n) is 2.54. The van der Waals surface area contributed by atoms with Gasteiger partial charge in [0.15, 0.2) is 0 Å². The maximum absolute atomic E-state index is 4.51. The second kappa shape index (κ2) is 5.10. The summed E-state index contributed by atoms with van der Waals surface area (Å²) in [4.78, 5) is 4.90. The van der Waals surface area contributed by atoms with Gasteiger partial charge in [-0.05, 0) is 13.5 Å². The minimum Gasteiger partial charge on any atom is -0.304 e. The zero-order valence-corrected chi connectivity index (χ0v) is 9.06. The van der Waals surface area contributed by atoms with Gasteiger partial charge in [-0.1, -0.05) is 6.92 Å². The monoisotopic (exact) mass is 188 g/mol. The maximum atomic E-state index is 4.51. The SMILES string of the molecule is CCC(S)CN1CCN(C)CC1. The molecular weight excluding hydrogens is 168 g/mol. The van der Waals surface area contributed by atoms with E-state index in [4.69, 9.17) is 0 Å². The molecule has 0 saturated carbocycles. The average Bonchev–Trinajstić information content (AvgIpc) is 2.09. The van der Waals surface area contributed by atoms with Gasteiger partial charge in [0.25, 0.3) is 0 Å². The second-order valence-electron chi connectivity index (χ2n) is 3.67. The van der Waals surface area contributed by atoms with Crippen LogP contribution in [0.15, 0.2) is 0 Å². The molecule has 1 heterocycles. The Labute approximate surface area is 81.3 Å². The molecule has 72 valence electrons. The number of rotatable bonds is 3. The summed E-state index contributed by atoms with van der Waals surface area (Å²) in [6, 6.07) is 0. The van der Waals surface area contributed by atoms with E-state index >= 15 is 0 Å². The van der Waals surface area contributed by atoms with Gasteiger partial charge in [-0.3, -0.25) is 4.90 Å². The van der Waals surface area contributed by atoms with Gasteiger partial charge in [-0.25, -0.2) is 0 Å². The Balaban J connectivity index is 2.17. The van der Waals surface area contributed by atoms with E-state index in [-0.39, 0.29) is 0 Å². The number of hydrogen-bond acceptors (Lipinski definition) is 3. The second-order valence-corrected chi connectivity index (χ2v) is 4.40. The molecule has 1 unspecified atom stereocenters. The lowest BCUT2D eigenvalue weighted by Crippen LogP contribution is -2.46. The molecular formula is C9H20N2S. The molecule has 1 rings (SSSR count). The van der Waals surface area contributed by atoms with Crippen molar-refractivity contribution >= 4 is 12.6 Å². The minimum absolute atomic E-state index is 0.563. The molecule has 2 nitrogen and oxygen atoms in total. The highest BCUT2D eigenvalue weighted by atomic mass is 32.1. The summed E-state index contributed by atoms with van der Waals surface area (Å²) in [7, 11) is 2.19. The predicted octanol–water partition coefficient (Wildman–Crippen LogP) is 0.942. The molecule has 1 aliphatic rings. The van der Waals surface area contributed by atoms with Crippen LogP contribution in [-0.4, -0.2) is 54.8 Å². The van der Waals surface area contributed by atoms with Gasteiger partial charge in [0.1, 0.15) is 0 Å². The summed E-state index contributed by atoms with van der Waals surface area (Å²) < 4.78 is 0. The van der Waals surface area contributed by atoms with Crippen LogP contribution in [-0.2, 0) is 0 Å². The zero-order valence-electron chi connectivity index (χ0n) is 8.16. The van der Waals surface area contributed by atoms with Crippen molar-refractivity contribution in [3.63, 3.8) is 0 Å². The van der Waals surface area contributed by atoms with E-state index in [1.807, 2.05) is 0 Å². The Morgan fingerprint density at radius 2 is 1.83 bits per heavy atom. The highest BCUT2D eigenvalue weighted by Gasteiger charge is 2.15. The summed E-state index contributed by atoms with van der Waals surface area (Å²) in [5, 5.41) is 0.563. The van der Waals surface area contributed by atoms with Crippen LogP contribution in [0.25, 0.3) is 0 Å². The number of thiol groups is 1. The Morgan fingerprint density at radius 3 is 2.33 bits per heavy atom. The highest BCUT2D eigenvalue weighted by molar-refractivity contribution is 7.81. The molecule has 0 aromatic heterocycles. The van der Waals surface area contributed by atoms with Gasteiger partial charge in [-0.2, -0.15) is 12.6 Å². The van der Waals surface area contributed by atoms with Gasteiger partial charge >= 0.3 is 0 Å². The molecule has 12 heavy (non-hydrogen) atoms. The van der Waals surface area contributed by atoms with Crippen molar-refractivity contribution in [2.75, 3.05) is 39.8 Å². The summed E-state index contributed by atoms with van der Waals surface area (Å²) in [6.07, 6.45) is 1.18. The fourth-order valence-electron chi connectivity index (χ4n) is 1.46. The molecule has 0 aromatic carbocycles. The van der Waals surface area contributed by atoms with Crippen molar-refractivity contribution in [2.45, 2.75) is 18.6 Å². The zero-order chi connectivity index (χ0) is 8.97. The lowest BCUT2D eigenvalue weighted by atomic mass is 10.2. The van der Waals surface area contributed by atoms with E-state index in [9.17, 15) is 0 Å². The van der Waals surface area contributed by atoms with Crippen LogP contribution >= 0.6 is 12.6 Å². The Bertz CT molecular complexity index is 122. The summed E-state index contributed by atoms with van der Waals surface area (Å²) in [6.45, 7) is 8.22. The van der Waals surface area contributed by atoms with Crippen LogP contribution in [0.5, 0.6) is 0 Å². The minimum atomic E-state index is 0.563. The van der Waals surface area contributed by atoms with Crippen molar-refractivity contribution < 1.29 is 0 Å². The van der Waals surface area contributed by atoms with Crippen molar-refractivity contribution in [3.8, 4) is 0 Å². The van der Waals surface area contributed by atoms with Gasteiger partial charge in [0, 0.05) is 38.0 Å². The van der Waals surface area contributed by atoms with Crippen LogP contribution in [0, 0.1) is 0 Å². The molecule has 0 radical (unpaired) electrons. The molecule has 0 N–H and O–H groups in total. The summed E-state index contributed by atoms with van der Waals surface area (Å²) >= 11 is 4.51. The summed E-state index contributed by atoms with van der Waals surface area (Å²) in [5.41, 5.74) is 0. The van der Waals surface area contributed by atoms with Crippen LogP contribution in [0.1, 0.15) is 13.3 Å². The quantitative estimate of drug-likeness (QED) is 0.659. The van der Waals surface area contributed by atoms with Gasteiger partial charge in [0.2, 0.25) is 0 Å². The Kier molecular flexibility index (Phi) is 4.40. The first-order valence-corrected chi connectivity index (χ1v) is 5.33. The lowest BCUT2D eigenvalue weighted by Gasteiger charge is -2.33. The first-order valence-electron chi connectivity index (χ1n) is 4.81. The Hall–Kier alpha value is 0.270. The molecule has 0 aromatic rings. The van der Waals surface area contributed by atoms with E-state index in [0.29, 0.717) is 5.25 Å². The van der Waals surface area contributed by atoms with E-state index in [0.717, 1.165) is 6.54 Å². The van der Waals surface area contributed by atoms with Gasteiger partial charge in [0.05, 0.1) is 0 Å². The molecule has 1 fully saturated rings. The molecule has 0 amide bonds. The average molecular weight is 188 g/mol. The number of nitrogens with zero attached hydrogens (tertiary/aromatic N) is 2. The van der Waals surface area contributed by atoms with Crippen molar-refractivity contribution in [3.05, 3.63) is 0 Å². The molecule has 0 spiro atoms. The fraction of sp³-hybridized carbons (Fsp3) is 1.00. The molecule has 0 bridgehead atoms. The normalized spacial score (nSPS) is 24.2. The first kappa shape index (κ1) is 10.4. The third-order valence-corrected chi connectivity index (χ3v) is 3.06. The smallest absolute Gasteiger partial charge is 0.0142 e. The Morgan fingerprint density at radius 1 is 1.25 bits per heavy atom. The van der Waals surface area contributed by atoms with Crippen molar-refractivity contribution in [2.24, 2.45) is 0 Å². The molecule has 0 aliphatic carbocycles. The number of likely N-dealkylation sites (N-methyl/N-ethyl adjacent to an activating group) is 1. The third kappa shape index (κ3) is 3.33. The molecule has 1 saturated heterocycles. The predicted molar refractivity (Wildman–Crippen MR) is 57.0 cm³/mol. The van der Waals surface area contributed by atoms with E-state index in [1.54, 1.807) is 0 Å². The van der Waals surface area contributed by atoms with Gasteiger partial charge < -0.3 is 4.90 Å². The van der Waals surface area contributed by atoms with Crippen LogP contribution in [0.3, 0.4) is 0 Å². The number of piperazine rings is 1. The lowest BCUT2D eigenvalue weighted by molar-refractivity contribution is 0.154. The van der Waals surface area contributed by atoms with Crippen LogP contribution in [0.2, 0.25) is 0 Å². The summed E-state index contributed by atoms with van der Waals surface area (Å²) in [5.74, 6) is 0. The molecule has 3 heteroatoms. The topological polar surface area (TPSA) is 6.48 Å². The maximum Gasteiger partial charge on any atom is 0.0142 e. The number of hydrogen-bond donors (Lipinski definition) is 1.